The lowest BCUT2D eigenvalue weighted by molar-refractivity contribution is -0.109. The van der Waals surface area contributed by atoms with E-state index in [9.17, 15) is 14.4 Å². The third-order valence-corrected chi connectivity index (χ3v) is 5.04. The van der Waals surface area contributed by atoms with Gasteiger partial charge in [-0.2, -0.15) is 5.10 Å². The van der Waals surface area contributed by atoms with Crippen molar-refractivity contribution in [2.24, 2.45) is 0 Å². The summed E-state index contributed by atoms with van der Waals surface area (Å²) < 4.78 is 1.68. The standard InChI is InChI=1S/C18H27N7O3/c1-24(8-6-20-12-26)9-7-21-18(28)14-11-22-25-15(10-16(27)23-17(14)25)13-2-4-19-5-3-13/h10-13,19H,2-9H2,1H3,(H,20,26)(H,21,28)(H,23,27). The van der Waals surface area contributed by atoms with Gasteiger partial charge in [-0.25, -0.2) is 4.52 Å². The van der Waals surface area contributed by atoms with Crippen LogP contribution in [0.4, 0.5) is 0 Å². The minimum Gasteiger partial charge on any atom is -0.357 e. The second kappa shape index (κ2) is 9.47. The van der Waals surface area contributed by atoms with E-state index >= 15 is 0 Å². The average molecular weight is 389 g/mol. The number of likely N-dealkylation sites (N-methyl/N-ethyl adjacent to an activating group) is 1. The number of aromatic nitrogens is 3. The molecular weight excluding hydrogens is 362 g/mol. The van der Waals surface area contributed by atoms with Gasteiger partial charge in [-0.3, -0.25) is 14.4 Å². The molecule has 0 saturated carbocycles. The molecule has 152 valence electrons. The number of nitrogens with one attached hydrogen (secondary N) is 4. The van der Waals surface area contributed by atoms with E-state index in [4.69, 9.17) is 0 Å². The molecule has 2 amide bonds. The minimum absolute atomic E-state index is 0.224. The van der Waals surface area contributed by atoms with Gasteiger partial charge in [0, 0.05) is 38.2 Å². The first kappa shape index (κ1) is 20.0. The summed E-state index contributed by atoms with van der Waals surface area (Å²) in [5, 5.41) is 13.1. The maximum absolute atomic E-state index is 12.6. The smallest absolute Gasteiger partial charge is 0.256 e. The van der Waals surface area contributed by atoms with Gasteiger partial charge in [-0.05, 0) is 33.0 Å². The fourth-order valence-electron chi connectivity index (χ4n) is 3.47. The molecule has 0 unspecified atom stereocenters. The van der Waals surface area contributed by atoms with Gasteiger partial charge in [0.2, 0.25) is 6.41 Å². The molecule has 2 aromatic heterocycles. The molecule has 0 atom stereocenters. The fourth-order valence-corrected chi connectivity index (χ4v) is 3.47. The van der Waals surface area contributed by atoms with Gasteiger partial charge >= 0.3 is 0 Å². The lowest BCUT2D eigenvalue weighted by Crippen LogP contribution is -2.36. The molecule has 0 spiro atoms. The normalized spacial score (nSPS) is 15.1. The predicted molar refractivity (Wildman–Crippen MR) is 105 cm³/mol. The quantitative estimate of drug-likeness (QED) is 0.319. The predicted octanol–water partition coefficient (Wildman–Crippen LogP) is -1.10. The molecule has 10 heteroatoms. The number of aromatic amines is 1. The number of hydrogen-bond acceptors (Lipinski definition) is 6. The van der Waals surface area contributed by atoms with Crippen LogP contribution in [0.5, 0.6) is 0 Å². The van der Waals surface area contributed by atoms with Crippen LogP contribution in [0.2, 0.25) is 0 Å². The van der Waals surface area contributed by atoms with Crippen LogP contribution >= 0.6 is 0 Å². The maximum Gasteiger partial charge on any atom is 0.256 e. The van der Waals surface area contributed by atoms with Crippen LogP contribution in [0, 0.1) is 0 Å². The van der Waals surface area contributed by atoms with Crippen LogP contribution in [-0.4, -0.2) is 78.1 Å². The Bertz CT molecular complexity index is 870. The highest BCUT2D eigenvalue weighted by Gasteiger charge is 2.22. The van der Waals surface area contributed by atoms with Crippen molar-refractivity contribution in [3.63, 3.8) is 0 Å². The first-order chi connectivity index (χ1) is 13.6. The number of piperidine rings is 1. The molecule has 1 aliphatic rings. The van der Waals surface area contributed by atoms with Crippen molar-refractivity contribution in [3.8, 4) is 0 Å². The summed E-state index contributed by atoms with van der Waals surface area (Å²) in [6.07, 6.45) is 4.04. The van der Waals surface area contributed by atoms with E-state index in [1.807, 2.05) is 11.9 Å². The first-order valence-electron chi connectivity index (χ1n) is 9.55. The van der Waals surface area contributed by atoms with Gasteiger partial charge in [0.25, 0.3) is 11.5 Å². The molecule has 0 radical (unpaired) electrons. The van der Waals surface area contributed by atoms with Crippen LogP contribution in [0.3, 0.4) is 0 Å². The molecule has 3 heterocycles. The van der Waals surface area contributed by atoms with E-state index in [0.29, 0.717) is 43.8 Å². The number of hydrogen-bond donors (Lipinski definition) is 4. The van der Waals surface area contributed by atoms with Crippen LogP contribution in [0.15, 0.2) is 17.1 Å². The van der Waals surface area contributed by atoms with E-state index in [1.54, 1.807) is 10.6 Å². The maximum atomic E-state index is 12.6. The van der Waals surface area contributed by atoms with Crippen molar-refractivity contribution in [2.45, 2.75) is 18.8 Å². The number of H-pyrrole nitrogens is 1. The monoisotopic (exact) mass is 389 g/mol. The van der Waals surface area contributed by atoms with E-state index in [-0.39, 0.29) is 17.4 Å². The fraction of sp³-hybridized carbons (Fsp3) is 0.556. The number of amides is 2. The molecule has 28 heavy (non-hydrogen) atoms. The molecule has 1 fully saturated rings. The second-order valence-electron chi connectivity index (χ2n) is 7.03. The Hall–Kier alpha value is -2.72. The molecule has 0 aromatic carbocycles. The van der Waals surface area contributed by atoms with Gasteiger partial charge in [0.05, 0.1) is 11.9 Å². The third-order valence-electron chi connectivity index (χ3n) is 5.04. The van der Waals surface area contributed by atoms with Crippen LogP contribution in [0.25, 0.3) is 5.65 Å². The summed E-state index contributed by atoms with van der Waals surface area (Å²) in [4.78, 5) is 39.8. The SMILES string of the molecule is CN(CCNC=O)CCNC(=O)c1cnn2c(C3CCNCC3)cc(=O)[nH]c12. The van der Waals surface area contributed by atoms with E-state index in [0.717, 1.165) is 31.6 Å². The van der Waals surface area contributed by atoms with Crippen molar-refractivity contribution in [1.82, 2.24) is 35.4 Å². The average Bonchev–Trinajstić information content (AvgIpc) is 3.12. The Morgan fingerprint density at radius 1 is 1.36 bits per heavy atom. The Balaban J connectivity index is 1.68. The Morgan fingerprint density at radius 3 is 2.86 bits per heavy atom. The number of carbonyl (C=O) groups is 2. The lowest BCUT2D eigenvalue weighted by atomic mass is 9.94. The van der Waals surface area contributed by atoms with Gasteiger partial charge in [-0.1, -0.05) is 0 Å². The zero-order valence-electron chi connectivity index (χ0n) is 16.0. The summed E-state index contributed by atoms with van der Waals surface area (Å²) in [6, 6.07) is 1.58. The molecular formula is C18H27N7O3. The zero-order chi connectivity index (χ0) is 19.9. The Labute approximate surface area is 162 Å². The third kappa shape index (κ3) is 4.76. The lowest BCUT2D eigenvalue weighted by Gasteiger charge is -2.23. The van der Waals surface area contributed by atoms with E-state index < -0.39 is 0 Å². The van der Waals surface area contributed by atoms with Crippen LogP contribution < -0.4 is 21.5 Å². The molecule has 1 saturated heterocycles. The molecule has 10 nitrogen and oxygen atoms in total. The Kier molecular flexibility index (Phi) is 6.77. The zero-order valence-corrected chi connectivity index (χ0v) is 16.0. The summed E-state index contributed by atoms with van der Waals surface area (Å²) in [7, 11) is 1.91. The second-order valence-corrected chi connectivity index (χ2v) is 7.03. The van der Waals surface area contributed by atoms with Crippen molar-refractivity contribution in [3.05, 3.63) is 33.9 Å². The van der Waals surface area contributed by atoms with Gasteiger partial charge in [0.15, 0.2) is 0 Å². The molecule has 3 rings (SSSR count). The largest absolute Gasteiger partial charge is 0.357 e. The molecule has 1 aliphatic heterocycles. The van der Waals surface area contributed by atoms with Gasteiger partial charge in [-0.15, -0.1) is 0 Å². The highest BCUT2D eigenvalue weighted by atomic mass is 16.2. The number of fused-ring (bicyclic) bond motifs is 1. The van der Waals surface area contributed by atoms with Crippen molar-refractivity contribution < 1.29 is 9.59 Å². The molecule has 0 bridgehead atoms. The van der Waals surface area contributed by atoms with Crippen LogP contribution in [-0.2, 0) is 4.79 Å². The number of nitrogens with zero attached hydrogens (tertiary/aromatic N) is 3. The van der Waals surface area contributed by atoms with Crippen LogP contribution in [0.1, 0.15) is 34.8 Å². The highest BCUT2D eigenvalue weighted by Crippen LogP contribution is 2.24. The Morgan fingerprint density at radius 2 is 2.11 bits per heavy atom. The first-order valence-corrected chi connectivity index (χ1v) is 9.55. The summed E-state index contributed by atoms with van der Waals surface area (Å²) >= 11 is 0. The van der Waals surface area contributed by atoms with Crippen molar-refractivity contribution >= 4 is 18.0 Å². The van der Waals surface area contributed by atoms with Crippen molar-refractivity contribution in [1.29, 1.82) is 0 Å². The van der Waals surface area contributed by atoms with Gasteiger partial charge in [0.1, 0.15) is 11.2 Å². The molecule has 2 aromatic rings. The number of carbonyl (C=O) groups excluding carboxylic acids is 2. The molecule has 4 N–H and O–H groups in total. The van der Waals surface area contributed by atoms with E-state index in [2.05, 4.69) is 26.0 Å². The topological polar surface area (TPSA) is 124 Å². The highest BCUT2D eigenvalue weighted by molar-refractivity contribution is 5.99. The minimum atomic E-state index is -0.271. The van der Waals surface area contributed by atoms with Crippen molar-refractivity contribution in [2.75, 3.05) is 46.3 Å². The summed E-state index contributed by atoms with van der Waals surface area (Å²) in [6.45, 7) is 4.15. The number of rotatable bonds is 9. The molecule has 0 aliphatic carbocycles. The summed E-state index contributed by atoms with van der Waals surface area (Å²) in [5.41, 5.74) is 1.42. The van der Waals surface area contributed by atoms with Gasteiger partial charge < -0.3 is 25.8 Å². The van der Waals surface area contributed by atoms with E-state index in [1.165, 1.54) is 6.20 Å². The summed E-state index contributed by atoms with van der Waals surface area (Å²) in [5.74, 6) is -0.0250.